The molecule has 0 N–H and O–H groups in total. The molecule has 0 spiro atoms. The van der Waals surface area contributed by atoms with Gasteiger partial charge in [0.2, 0.25) is 0 Å². The topological polar surface area (TPSA) is 38.7 Å². The molecule has 9 rings (SSSR count). The third-order valence-electron chi connectivity index (χ3n) is 9.42. The van der Waals surface area contributed by atoms with Gasteiger partial charge in [-0.25, -0.2) is 9.97 Å². The van der Waals surface area contributed by atoms with E-state index >= 15 is 0 Å². The van der Waals surface area contributed by atoms with Crippen LogP contribution in [-0.2, 0) is 0 Å². The van der Waals surface area contributed by atoms with E-state index in [4.69, 9.17) is 9.97 Å². The lowest BCUT2D eigenvalue weighted by Gasteiger charge is -2.13. The molecule has 0 saturated carbocycles. The van der Waals surface area contributed by atoms with Gasteiger partial charge in [-0.05, 0) is 73.1 Å². The summed E-state index contributed by atoms with van der Waals surface area (Å²) >= 11 is 0. The van der Waals surface area contributed by atoms with E-state index in [-0.39, 0.29) is 0 Å². The monoisotopic (exact) mass is 637 g/mol. The summed E-state index contributed by atoms with van der Waals surface area (Å²) in [7, 11) is 0. The number of fused-ring (bicyclic) bond motifs is 3. The average molecular weight is 638 g/mol. The second-order valence-corrected chi connectivity index (χ2v) is 12.5. The van der Waals surface area contributed by atoms with Crippen molar-refractivity contribution >= 4 is 21.5 Å². The fourth-order valence-corrected chi connectivity index (χ4v) is 6.79. The van der Waals surface area contributed by atoms with Gasteiger partial charge in [-0.2, -0.15) is 0 Å². The molecule has 3 nitrogen and oxygen atoms in total. The molecule has 2 heterocycles. The molecule has 9 aromatic rings. The van der Waals surface area contributed by atoms with Gasteiger partial charge in [0, 0.05) is 29.1 Å². The lowest BCUT2D eigenvalue weighted by atomic mass is 9.96. The Balaban J connectivity index is 1.15. The molecule has 0 radical (unpaired) electrons. The van der Waals surface area contributed by atoms with E-state index in [0.717, 1.165) is 55.7 Å². The van der Waals surface area contributed by atoms with Crippen LogP contribution < -0.4 is 0 Å². The summed E-state index contributed by atoms with van der Waals surface area (Å²) in [5.74, 6) is 0.710. The van der Waals surface area contributed by atoms with Gasteiger partial charge in [-0.15, -0.1) is 0 Å². The fraction of sp³-hybridized carbons (Fsp3) is 0. The van der Waals surface area contributed by atoms with E-state index in [1.807, 2.05) is 18.3 Å². The highest BCUT2D eigenvalue weighted by Gasteiger charge is 2.15. The largest absolute Gasteiger partial charge is 0.264 e. The SMILES string of the molecule is c1ccc(-c2ccc(-c3cc(-c4ccc(-c5ccc(-c6cccnc6)cc5)cc4)nc(-c4cc5ccccc5c5ccccc45)n3)cc2)cc1. The van der Waals surface area contributed by atoms with Crippen LogP contribution >= 0.6 is 0 Å². The second-order valence-electron chi connectivity index (χ2n) is 12.5. The Morgan fingerprint density at radius 1 is 0.320 bits per heavy atom. The molecule has 0 aliphatic heterocycles. The van der Waals surface area contributed by atoms with Crippen LogP contribution in [0.25, 0.3) is 88.8 Å². The summed E-state index contributed by atoms with van der Waals surface area (Å²) in [6.07, 6.45) is 3.70. The summed E-state index contributed by atoms with van der Waals surface area (Å²) in [5.41, 5.74) is 11.8. The first-order valence-corrected chi connectivity index (χ1v) is 16.8. The lowest BCUT2D eigenvalue weighted by Crippen LogP contribution is -1.97. The predicted octanol–water partition coefficient (Wildman–Crippen LogP) is 12.2. The van der Waals surface area contributed by atoms with Crippen molar-refractivity contribution in [2.45, 2.75) is 0 Å². The van der Waals surface area contributed by atoms with Crippen molar-refractivity contribution in [3.63, 3.8) is 0 Å². The minimum atomic E-state index is 0.710. The zero-order valence-corrected chi connectivity index (χ0v) is 27.2. The molecular weight excluding hydrogens is 607 g/mol. The molecule has 3 heteroatoms. The number of rotatable bonds is 6. The number of hydrogen-bond acceptors (Lipinski definition) is 3. The first kappa shape index (κ1) is 29.4. The van der Waals surface area contributed by atoms with E-state index in [1.165, 1.54) is 27.3 Å². The highest BCUT2D eigenvalue weighted by atomic mass is 14.9. The molecule has 0 bridgehead atoms. The summed E-state index contributed by atoms with van der Waals surface area (Å²) in [4.78, 5) is 14.8. The van der Waals surface area contributed by atoms with E-state index < -0.39 is 0 Å². The smallest absolute Gasteiger partial charge is 0.161 e. The van der Waals surface area contributed by atoms with Crippen molar-refractivity contribution in [3.8, 4) is 67.3 Å². The van der Waals surface area contributed by atoms with Crippen molar-refractivity contribution < 1.29 is 0 Å². The summed E-state index contributed by atoms with van der Waals surface area (Å²) in [5, 5.41) is 4.73. The van der Waals surface area contributed by atoms with Gasteiger partial charge in [0.25, 0.3) is 0 Å². The Morgan fingerprint density at radius 3 is 1.36 bits per heavy atom. The Kier molecular flexibility index (Phi) is 7.49. The predicted molar refractivity (Wildman–Crippen MR) is 207 cm³/mol. The van der Waals surface area contributed by atoms with Gasteiger partial charge in [-0.3, -0.25) is 4.98 Å². The number of hydrogen-bond donors (Lipinski definition) is 0. The van der Waals surface area contributed by atoms with Crippen molar-refractivity contribution in [1.29, 1.82) is 0 Å². The third kappa shape index (κ3) is 5.61. The van der Waals surface area contributed by atoms with Gasteiger partial charge in [-0.1, -0.05) is 158 Å². The number of aromatic nitrogens is 3. The van der Waals surface area contributed by atoms with Crippen LogP contribution in [0.1, 0.15) is 0 Å². The fourth-order valence-electron chi connectivity index (χ4n) is 6.79. The first-order valence-electron chi connectivity index (χ1n) is 16.8. The molecule has 0 amide bonds. The van der Waals surface area contributed by atoms with Gasteiger partial charge in [0.1, 0.15) is 0 Å². The molecule has 2 aromatic heterocycles. The first-order chi connectivity index (χ1) is 24.8. The van der Waals surface area contributed by atoms with Gasteiger partial charge < -0.3 is 0 Å². The standard InChI is InChI=1S/C47H31N3/c1-2-9-32(10-3-1)33-20-24-37(25-21-33)45-30-46(38-26-22-35(23-27-38)34-16-18-36(19-17-34)40-12-8-28-48-31-40)50-47(49-45)44-29-39-11-4-5-13-41(39)42-14-6-7-15-43(42)44/h1-31H. The van der Waals surface area contributed by atoms with Crippen molar-refractivity contribution in [2.75, 3.05) is 0 Å². The maximum Gasteiger partial charge on any atom is 0.161 e. The molecular formula is C47H31N3. The van der Waals surface area contributed by atoms with Crippen molar-refractivity contribution in [1.82, 2.24) is 15.0 Å². The summed E-state index contributed by atoms with van der Waals surface area (Å²) in [6, 6.07) is 62.0. The molecule has 7 aromatic carbocycles. The van der Waals surface area contributed by atoms with E-state index in [2.05, 4.69) is 169 Å². The summed E-state index contributed by atoms with van der Waals surface area (Å²) in [6.45, 7) is 0. The maximum absolute atomic E-state index is 5.25. The Morgan fingerprint density at radius 2 is 0.780 bits per heavy atom. The Labute approximate surface area is 291 Å². The lowest BCUT2D eigenvalue weighted by molar-refractivity contribution is 1.19. The van der Waals surface area contributed by atoms with Crippen molar-refractivity contribution in [2.24, 2.45) is 0 Å². The average Bonchev–Trinajstić information content (AvgIpc) is 3.21. The molecule has 234 valence electrons. The Hall–Kier alpha value is -6.71. The van der Waals surface area contributed by atoms with Crippen LogP contribution in [0.3, 0.4) is 0 Å². The van der Waals surface area contributed by atoms with E-state index in [1.54, 1.807) is 6.20 Å². The zero-order chi connectivity index (χ0) is 33.3. The minimum Gasteiger partial charge on any atom is -0.264 e. The third-order valence-corrected chi connectivity index (χ3v) is 9.42. The van der Waals surface area contributed by atoms with Crippen LogP contribution in [0.5, 0.6) is 0 Å². The van der Waals surface area contributed by atoms with Gasteiger partial charge >= 0.3 is 0 Å². The molecule has 0 fully saturated rings. The second kappa shape index (κ2) is 12.7. The van der Waals surface area contributed by atoms with Crippen LogP contribution in [0.15, 0.2) is 188 Å². The van der Waals surface area contributed by atoms with Crippen LogP contribution in [0.2, 0.25) is 0 Å². The van der Waals surface area contributed by atoms with Gasteiger partial charge in [0.05, 0.1) is 11.4 Å². The molecule has 0 atom stereocenters. The number of benzene rings is 7. The molecule has 0 aliphatic carbocycles. The van der Waals surface area contributed by atoms with Gasteiger partial charge in [0.15, 0.2) is 5.82 Å². The molecule has 50 heavy (non-hydrogen) atoms. The van der Waals surface area contributed by atoms with Crippen LogP contribution in [0, 0.1) is 0 Å². The highest BCUT2D eigenvalue weighted by molar-refractivity contribution is 6.13. The Bertz CT molecular complexity index is 2590. The molecule has 0 aliphatic rings. The van der Waals surface area contributed by atoms with E-state index in [0.29, 0.717) is 5.82 Å². The van der Waals surface area contributed by atoms with Crippen molar-refractivity contribution in [3.05, 3.63) is 188 Å². The zero-order valence-electron chi connectivity index (χ0n) is 27.2. The number of pyridine rings is 1. The number of nitrogens with zero attached hydrogens (tertiary/aromatic N) is 3. The quantitative estimate of drug-likeness (QED) is 0.170. The minimum absolute atomic E-state index is 0.710. The van der Waals surface area contributed by atoms with Crippen LogP contribution in [0.4, 0.5) is 0 Å². The maximum atomic E-state index is 5.25. The molecule has 0 unspecified atom stereocenters. The van der Waals surface area contributed by atoms with E-state index in [9.17, 15) is 0 Å². The summed E-state index contributed by atoms with van der Waals surface area (Å²) < 4.78 is 0. The highest BCUT2D eigenvalue weighted by Crippen LogP contribution is 2.36. The molecule has 0 saturated heterocycles. The normalized spacial score (nSPS) is 11.2. The van der Waals surface area contributed by atoms with Crippen LogP contribution in [-0.4, -0.2) is 15.0 Å².